The largest absolute Gasteiger partial charge is 0.586 e. The van der Waals surface area contributed by atoms with E-state index in [1.807, 2.05) is 13.8 Å². The summed E-state index contributed by atoms with van der Waals surface area (Å²) in [5, 5.41) is 0. The van der Waals surface area contributed by atoms with Gasteiger partial charge in [0.1, 0.15) is 0 Å². The Morgan fingerprint density at radius 2 is 1.77 bits per heavy atom. The van der Waals surface area contributed by atoms with Crippen molar-refractivity contribution in [3.63, 3.8) is 0 Å². The first-order chi connectivity index (χ1) is 6.04. The van der Waals surface area contributed by atoms with Gasteiger partial charge in [-0.05, 0) is 5.92 Å². The maximum absolute atomic E-state index is 11.5. The molecular formula is C8H15O4P. The molecule has 0 unspecified atom stereocenters. The van der Waals surface area contributed by atoms with E-state index in [0.717, 1.165) is 12.5 Å². The van der Waals surface area contributed by atoms with Crippen molar-refractivity contribution >= 4 is 7.82 Å². The minimum atomic E-state index is -3.51. The van der Waals surface area contributed by atoms with Crippen molar-refractivity contribution in [2.24, 2.45) is 5.92 Å². The zero-order valence-electron chi connectivity index (χ0n) is 7.93. The summed E-state index contributed by atoms with van der Waals surface area (Å²) >= 11 is 0. The van der Waals surface area contributed by atoms with E-state index in [1.54, 1.807) is 0 Å². The van der Waals surface area contributed by atoms with Crippen LogP contribution in [0.25, 0.3) is 0 Å². The van der Waals surface area contributed by atoms with Gasteiger partial charge in [0.25, 0.3) is 0 Å². The van der Waals surface area contributed by atoms with Gasteiger partial charge in [-0.1, -0.05) is 27.0 Å². The van der Waals surface area contributed by atoms with Crippen molar-refractivity contribution in [1.82, 2.24) is 0 Å². The third-order valence-corrected chi connectivity index (χ3v) is 2.25. The summed E-state index contributed by atoms with van der Waals surface area (Å²) < 4.78 is 25.7. The Balaban J connectivity index is 4.14. The SMILES string of the molecule is C=COP(=O)(OC=C)OCC(C)C. The van der Waals surface area contributed by atoms with Crippen LogP contribution in [-0.2, 0) is 18.1 Å². The average molecular weight is 206 g/mol. The molecule has 76 valence electrons. The number of hydrogen-bond acceptors (Lipinski definition) is 4. The molecule has 0 saturated carbocycles. The van der Waals surface area contributed by atoms with Crippen LogP contribution in [0, 0.1) is 5.92 Å². The van der Waals surface area contributed by atoms with Crippen molar-refractivity contribution in [2.45, 2.75) is 13.8 Å². The Morgan fingerprint density at radius 1 is 1.31 bits per heavy atom. The summed E-state index contributed by atoms with van der Waals surface area (Å²) in [6.45, 7) is 10.7. The predicted octanol–water partition coefficient (Wildman–Crippen LogP) is 3.09. The lowest BCUT2D eigenvalue weighted by Crippen LogP contribution is -2.01. The van der Waals surface area contributed by atoms with Gasteiger partial charge in [-0.2, -0.15) is 0 Å². The Hall–Kier alpha value is -0.730. The molecule has 0 aliphatic rings. The summed E-state index contributed by atoms with van der Waals surface area (Å²) in [6.07, 6.45) is 2.04. The summed E-state index contributed by atoms with van der Waals surface area (Å²) in [5.41, 5.74) is 0. The molecule has 0 saturated heterocycles. The van der Waals surface area contributed by atoms with Crippen molar-refractivity contribution < 1.29 is 18.1 Å². The van der Waals surface area contributed by atoms with Crippen LogP contribution in [0.1, 0.15) is 13.8 Å². The fraction of sp³-hybridized carbons (Fsp3) is 0.500. The second kappa shape index (κ2) is 5.84. The molecule has 0 N–H and O–H groups in total. The van der Waals surface area contributed by atoms with E-state index in [0.29, 0.717) is 6.61 Å². The van der Waals surface area contributed by atoms with Gasteiger partial charge in [-0.15, -0.1) is 0 Å². The lowest BCUT2D eigenvalue weighted by Gasteiger charge is -2.15. The second-order valence-corrected chi connectivity index (χ2v) is 4.26. The molecule has 0 rings (SSSR count). The molecule has 0 heterocycles. The maximum atomic E-state index is 11.5. The third kappa shape index (κ3) is 5.50. The highest BCUT2D eigenvalue weighted by Crippen LogP contribution is 2.50. The summed E-state index contributed by atoms with van der Waals surface area (Å²) in [5.74, 6) is 0.246. The molecule has 5 heteroatoms. The minimum Gasteiger partial charge on any atom is -0.404 e. The highest BCUT2D eigenvalue weighted by atomic mass is 31.2. The monoisotopic (exact) mass is 206 g/mol. The van der Waals surface area contributed by atoms with E-state index in [2.05, 4.69) is 22.2 Å². The lowest BCUT2D eigenvalue weighted by molar-refractivity contribution is 0.163. The molecular weight excluding hydrogens is 191 g/mol. The molecule has 0 aliphatic heterocycles. The Morgan fingerprint density at radius 3 is 2.08 bits per heavy atom. The van der Waals surface area contributed by atoms with Gasteiger partial charge in [-0.3, -0.25) is 4.52 Å². The van der Waals surface area contributed by atoms with Crippen LogP contribution in [0.3, 0.4) is 0 Å². The van der Waals surface area contributed by atoms with Crippen LogP contribution in [0.4, 0.5) is 0 Å². The zero-order valence-corrected chi connectivity index (χ0v) is 8.83. The molecule has 4 nitrogen and oxygen atoms in total. The summed E-state index contributed by atoms with van der Waals surface area (Å²) in [6, 6.07) is 0. The summed E-state index contributed by atoms with van der Waals surface area (Å²) in [4.78, 5) is 0. The van der Waals surface area contributed by atoms with Gasteiger partial charge >= 0.3 is 7.82 Å². The van der Waals surface area contributed by atoms with Crippen LogP contribution >= 0.6 is 7.82 Å². The van der Waals surface area contributed by atoms with Gasteiger partial charge in [0.2, 0.25) is 0 Å². The molecule has 0 aromatic heterocycles. The maximum Gasteiger partial charge on any atom is 0.586 e. The molecule has 0 bridgehead atoms. The standard InChI is InChI=1S/C8H15O4P/c1-5-10-13(9,11-6-2)12-7-8(3)4/h5-6,8H,1-2,7H2,3-4H3. The summed E-state index contributed by atoms with van der Waals surface area (Å²) in [7, 11) is -3.51. The Kier molecular flexibility index (Phi) is 5.51. The number of phosphoric ester groups is 1. The quantitative estimate of drug-likeness (QED) is 0.474. The zero-order chi connectivity index (χ0) is 10.3. The smallest absolute Gasteiger partial charge is 0.404 e. The topological polar surface area (TPSA) is 44.8 Å². The van der Waals surface area contributed by atoms with Crippen molar-refractivity contribution in [2.75, 3.05) is 6.61 Å². The van der Waals surface area contributed by atoms with Gasteiger partial charge in [0.05, 0.1) is 19.1 Å². The Labute approximate surface area is 78.8 Å². The van der Waals surface area contributed by atoms with E-state index in [9.17, 15) is 4.57 Å². The van der Waals surface area contributed by atoms with E-state index >= 15 is 0 Å². The molecule has 0 spiro atoms. The van der Waals surface area contributed by atoms with Gasteiger partial charge in [0.15, 0.2) is 0 Å². The fourth-order valence-electron chi connectivity index (χ4n) is 0.509. The second-order valence-electron chi connectivity index (χ2n) is 2.68. The van der Waals surface area contributed by atoms with E-state index in [1.165, 1.54) is 0 Å². The van der Waals surface area contributed by atoms with Gasteiger partial charge < -0.3 is 9.05 Å². The number of phosphoric acid groups is 1. The van der Waals surface area contributed by atoms with E-state index in [4.69, 9.17) is 4.52 Å². The van der Waals surface area contributed by atoms with Crippen LogP contribution in [-0.4, -0.2) is 6.61 Å². The van der Waals surface area contributed by atoms with Gasteiger partial charge in [-0.25, -0.2) is 4.57 Å². The average Bonchev–Trinajstić information content (AvgIpc) is 2.02. The van der Waals surface area contributed by atoms with Crippen LogP contribution in [0.2, 0.25) is 0 Å². The number of rotatable bonds is 7. The first kappa shape index (κ1) is 12.3. The molecule has 0 aliphatic carbocycles. The van der Waals surface area contributed by atoms with E-state index in [-0.39, 0.29) is 5.92 Å². The van der Waals surface area contributed by atoms with Crippen molar-refractivity contribution in [1.29, 1.82) is 0 Å². The highest BCUT2D eigenvalue weighted by Gasteiger charge is 2.26. The van der Waals surface area contributed by atoms with Crippen LogP contribution in [0.15, 0.2) is 25.7 Å². The van der Waals surface area contributed by atoms with Crippen LogP contribution < -0.4 is 0 Å². The van der Waals surface area contributed by atoms with Crippen LogP contribution in [0.5, 0.6) is 0 Å². The first-order valence-electron chi connectivity index (χ1n) is 3.87. The highest BCUT2D eigenvalue weighted by molar-refractivity contribution is 7.48. The van der Waals surface area contributed by atoms with E-state index < -0.39 is 7.82 Å². The fourth-order valence-corrected chi connectivity index (χ4v) is 1.53. The minimum absolute atomic E-state index is 0.246. The molecule has 0 amide bonds. The Bertz CT molecular complexity index is 198. The first-order valence-corrected chi connectivity index (χ1v) is 5.33. The normalized spacial score (nSPS) is 11.0. The molecule has 0 aromatic rings. The number of hydrogen-bond donors (Lipinski definition) is 0. The van der Waals surface area contributed by atoms with Crippen molar-refractivity contribution in [3.05, 3.63) is 25.7 Å². The third-order valence-electron chi connectivity index (χ3n) is 0.973. The predicted molar refractivity (Wildman–Crippen MR) is 51.0 cm³/mol. The van der Waals surface area contributed by atoms with Gasteiger partial charge in [0, 0.05) is 0 Å². The lowest BCUT2D eigenvalue weighted by atomic mass is 10.2. The molecule has 0 atom stereocenters. The molecule has 0 fully saturated rings. The molecule has 13 heavy (non-hydrogen) atoms. The molecule has 0 radical (unpaired) electrons. The molecule has 0 aromatic carbocycles. The van der Waals surface area contributed by atoms with Crippen molar-refractivity contribution in [3.8, 4) is 0 Å².